The van der Waals surface area contributed by atoms with E-state index in [0.717, 1.165) is 40.2 Å². The maximum atomic E-state index is 13.0. The Hall–Kier alpha value is -4.37. The number of nitrogens with two attached hydrogens (primary N) is 1. The number of amides is 2. The first kappa shape index (κ1) is 32.6. The van der Waals surface area contributed by atoms with Crippen LogP contribution in [-0.2, 0) is 14.3 Å². The van der Waals surface area contributed by atoms with Gasteiger partial charge in [0.15, 0.2) is 22.7 Å². The molecule has 2 aromatic carbocycles. The molecule has 3 unspecified atom stereocenters. The first-order valence-electron chi connectivity index (χ1n) is 15.0. The van der Waals surface area contributed by atoms with Crippen LogP contribution in [0.4, 0.5) is 21.9 Å². The molecule has 1 fully saturated rings. The molecule has 0 saturated heterocycles. The minimum atomic E-state index is -0.572. The molecule has 244 valence electrons. The minimum Gasteiger partial charge on any atom is -0.456 e. The van der Waals surface area contributed by atoms with E-state index in [9.17, 15) is 14.4 Å². The Labute approximate surface area is 284 Å². The van der Waals surface area contributed by atoms with Crippen LogP contribution < -0.4 is 26.8 Å². The minimum absolute atomic E-state index is 0.119. The second-order valence-corrected chi connectivity index (χ2v) is 13.9. The zero-order chi connectivity index (χ0) is 33.2. The molecular weight excluding hydrogens is 660 g/mol. The summed E-state index contributed by atoms with van der Waals surface area (Å²) in [5.74, 6) is -0.911. The number of nitrogens with one attached hydrogen (secondary N) is 4. The van der Waals surface area contributed by atoms with Crippen LogP contribution in [0, 0.1) is 18.3 Å². The Morgan fingerprint density at radius 1 is 1.09 bits per heavy atom. The van der Waals surface area contributed by atoms with Gasteiger partial charge in [-0.05, 0) is 37.5 Å². The van der Waals surface area contributed by atoms with E-state index in [4.69, 9.17) is 32.5 Å². The Morgan fingerprint density at radius 2 is 1.85 bits per heavy atom. The lowest BCUT2D eigenvalue weighted by Gasteiger charge is -2.40. The molecule has 2 amide bonds. The molecule has 1 aliphatic carbocycles. The van der Waals surface area contributed by atoms with Crippen molar-refractivity contribution >= 4 is 79.7 Å². The molecule has 4 atom stereocenters. The third-order valence-corrected chi connectivity index (χ3v) is 10.7. The fourth-order valence-electron chi connectivity index (χ4n) is 5.86. The highest BCUT2D eigenvalue weighted by Gasteiger charge is 2.44. The predicted molar refractivity (Wildman–Crippen MR) is 185 cm³/mol. The van der Waals surface area contributed by atoms with Crippen molar-refractivity contribution in [2.45, 2.75) is 50.6 Å². The van der Waals surface area contributed by atoms with Crippen LogP contribution in [0.5, 0.6) is 0 Å². The van der Waals surface area contributed by atoms with Crippen molar-refractivity contribution < 1.29 is 19.1 Å². The number of thiazole rings is 2. The van der Waals surface area contributed by atoms with E-state index in [2.05, 4.69) is 33.2 Å². The first-order valence-corrected chi connectivity index (χ1v) is 17.1. The lowest BCUT2D eigenvalue weighted by molar-refractivity contribution is -0.144. The van der Waals surface area contributed by atoms with E-state index in [0.29, 0.717) is 27.8 Å². The number of rotatable bonds is 9. The Bertz CT molecular complexity index is 1830. The standard InChI is InChI=1S/C32H33ClN8O4S2/c1-16-8-6-11-19(14-16)25-27-29(38-32(47-27)39-30(44)18-9-4-3-5-10-18)41(40-25)21-13-7-12-20(23(21)33)24(34)26-28(35)37-31(46-26)36-22(43)15-45-17(2)42/h3-6,8-11,14,20-21,23,25,34,40H,7,12-13,15,35H2,1-2H3,(H,36,37,43)(H,38,39,44)/t20?,21?,23-,25?/m0/s1. The molecule has 0 radical (unpaired) electrons. The van der Waals surface area contributed by atoms with Crippen molar-refractivity contribution in [2.24, 2.45) is 5.92 Å². The van der Waals surface area contributed by atoms with Gasteiger partial charge in [-0.15, -0.1) is 11.6 Å². The molecule has 2 aliphatic rings. The number of fused-ring (bicyclic) bond motifs is 1. The average Bonchev–Trinajstić information content (AvgIpc) is 3.73. The summed E-state index contributed by atoms with van der Waals surface area (Å²) in [6.07, 6.45) is 2.23. The largest absolute Gasteiger partial charge is 0.456 e. The quantitative estimate of drug-likeness (QED) is 0.0861. The third-order valence-electron chi connectivity index (χ3n) is 8.05. The average molecular weight is 693 g/mol. The Balaban J connectivity index is 1.24. The van der Waals surface area contributed by atoms with Crippen molar-refractivity contribution in [3.63, 3.8) is 0 Å². The second kappa shape index (κ2) is 13.8. The summed E-state index contributed by atoms with van der Waals surface area (Å²) in [6, 6.07) is 16.8. The van der Waals surface area contributed by atoms with Gasteiger partial charge in [0, 0.05) is 18.4 Å². The van der Waals surface area contributed by atoms with E-state index in [1.165, 1.54) is 18.3 Å². The number of aryl methyl sites for hydroxylation is 1. The molecule has 12 nitrogen and oxygen atoms in total. The number of alkyl halides is 1. The van der Waals surface area contributed by atoms with Crippen LogP contribution in [-0.4, -0.2) is 51.5 Å². The van der Waals surface area contributed by atoms with Gasteiger partial charge in [0.25, 0.3) is 11.8 Å². The Kier molecular flexibility index (Phi) is 9.55. The van der Waals surface area contributed by atoms with Gasteiger partial charge in [-0.1, -0.05) is 77.1 Å². The molecule has 1 aliphatic heterocycles. The van der Waals surface area contributed by atoms with Gasteiger partial charge in [-0.3, -0.25) is 30.0 Å². The summed E-state index contributed by atoms with van der Waals surface area (Å²) >= 11 is 9.76. The molecule has 3 heterocycles. The fraction of sp³-hybridized carbons (Fsp3) is 0.312. The van der Waals surface area contributed by atoms with E-state index >= 15 is 0 Å². The van der Waals surface area contributed by atoms with Crippen molar-refractivity contribution in [3.05, 3.63) is 81.0 Å². The lowest BCUT2D eigenvalue weighted by atomic mass is 9.81. The topological polar surface area (TPSA) is 175 Å². The molecule has 0 bridgehead atoms. The number of nitrogens with zero attached hydrogens (tertiary/aromatic N) is 3. The monoisotopic (exact) mass is 692 g/mol. The summed E-state index contributed by atoms with van der Waals surface area (Å²) in [4.78, 5) is 46.7. The first-order chi connectivity index (χ1) is 22.6. The molecule has 0 spiro atoms. The van der Waals surface area contributed by atoms with Crippen molar-refractivity contribution in [1.82, 2.24) is 15.4 Å². The maximum absolute atomic E-state index is 13.0. The second-order valence-electron chi connectivity index (χ2n) is 11.4. The summed E-state index contributed by atoms with van der Waals surface area (Å²) in [5, 5.41) is 16.8. The number of aromatic nitrogens is 2. The van der Waals surface area contributed by atoms with Gasteiger partial charge < -0.3 is 15.9 Å². The zero-order valence-electron chi connectivity index (χ0n) is 25.6. The number of benzene rings is 2. The van der Waals surface area contributed by atoms with Crippen LogP contribution >= 0.6 is 34.3 Å². The van der Waals surface area contributed by atoms with Gasteiger partial charge >= 0.3 is 5.97 Å². The number of hydrogen-bond donors (Lipinski definition) is 5. The molecule has 47 heavy (non-hydrogen) atoms. The maximum Gasteiger partial charge on any atom is 0.303 e. The normalized spacial score (nSPS) is 20.4. The van der Waals surface area contributed by atoms with Crippen LogP contribution in [0.3, 0.4) is 0 Å². The molecule has 6 N–H and O–H groups in total. The molecule has 6 rings (SSSR count). The molecule has 1 saturated carbocycles. The van der Waals surface area contributed by atoms with Gasteiger partial charge in [0.05, 0.1) is 32.9 Å². The van der Waals surface area contributed by atoms with Crippen LogP contribution in [0.15, 0.2) is 54.6 Å². The van der Waals surface area contributed by atoms with Gasteiger partial charge in [-0.25, -0.2) is 15.4 Å². The number of ether oxygens (including phenoxy) is 1. The van der Waals surface area contributed by atoms with E-state index in [1.807, 2.05) is 42.3 Å². The highest BCUT2D eigenvalue weighted by Crippen LogP contribution is 2.46. The third kappa shape index (κ3) is 7.00. The van der Waals surface area contributed by atoms with Crippen LogP contribution in [0.1, 0.15) is 63.5 Å². The van der Waals surface area contributed by atoms with Crippen LogP contribution in [0.25, 0.3) is 0 Å². The van der Waals surface area contributed by atoms with Crippen LogP contribution in [0.2, 0.25) is 0 Å². The van der Waals surface area contributed by atoms with E-state index in [-0.39, 0.29) is 40.6 Å². The number of esters is 1. The highest BCUT2D eigenvalue weighted by atomic mass is 35.5. The van der Waals surface area contributed by atoms with Gasteiger partial charge in [0.2, 0.25) is 0 Å². The number of halogens is 1. The number of anilines is 4. The SMILES string of the molecule is CC(=O)OCC(=O)Nc1nc(N)c(C(=N)C2CCCC(N3NC(c4cccc(C)c4)c4sc(NC(=O)c5ccccc5)nc43)[C@H]2Cl)s1. The van der Waals surface area contributed by atoms with E-state index in [1.54, 1.807) is 12.1 Å². The number of nitrogen functional groups attached to an aromatic ring is 1. The zero-order valence-corrected chi connectivity index (χ0v) is 28.0. The lowest BCUT2D eigenvalue weighted by Crippen LogP contribution is -2.53. The highest BCUT2D eigenvalue weighted by molar-refractivity contribution is 7.18. The number of hydrogen-bond acceptors (Lipinski definition) is 12. The van der Waals surface area contributed by atoms with E-state index < -0.39 is 23.9 Å². The van der Waals surface area contributed by atoms with Crippen molar-refractivity contribution in [2.75, 3.05) is 28.0 Å². The summed E-state index contributed by atoms with van der Waals surface area (Å²) in [7, 11) is 0. The van der Waals surface area contributed by atoms with Crippen molar-refractivity contribution in [3.8, 4) is 0 Å². The number of carbonyl (C=O) groups excluding carboxylic acids is 3. The summed E-state index contributed by atoms with van der Waals surface area (Å²) < 4.78 is 4.74. The molecule has 2 aromatic heterocycles. The van der Waals surface area contributed by atoms with Gasteiger partial charge in [0.1, 0.15) is 5.82 Å². The number of carbonyl (C=O) groups is 3. The van der Waals surface area contributed by atoms with Gasteiger partial charge in [-0.2, -0.15) is 0 Å². The van der Waals surface area contributed by atoms with Crippen molar-refractivity contribution in [1.29, 1.82) is 5.41 Å². The predicted octanol–water partition coefficient (Wildman–Crippen LogP) is 5.50. The summed E-state index contributed by atoms with van der Waals surface area (Å²) in [5.41, 5.74) is 12.8. The molecule has 15 heteroatoms. The fourth-order valence-corrected chi connectivity index (χ4v) is 8.29. The smallest absolute Gasteiger partial charge is 0.303 e. The Morgan fingerprint density at radius 3 is 2.60 bits per heavy atom. The molecule has 4 aromatic rings. The molecular formula is C32H33ClN8O4S2. The number of hydrazine groups is 1. The summed E-state index contributed by atoms with van der Waals surface area (Å²) in [6.45, 7) is 2.81.